The van der Waals surface area contributed by atoms with Crippen molar-refractivity contribution in [2.75, 3.05) is 14.2 Å². The number of benzene rings is 1. The van der Waals surface area contributed by atoms with Gasteiger partial charge < -0.3 is 10.1 Å². The molecule has 5 heteroatoms. The maximum absolute atomic E-state index is 12.6. The van der Waals surface area contributed by atoms with E-state index >= 15 is 0 Å². The third-order valence-corrected chi connectivity index (χ3v) is 3.29. The minimum Gasteiger partial charge on any atom is -0.382 e. The van der Waals surface area contributed by atoms with E-state index in [0.29, 0.717) is 12.0 Å². The molecule has 0 aliphatic heterocycles. The van der Waals surface area contributed by atoms with Gasteiger partial charge in [0.25, 0.3) is 0 Å². The summed E-state index contributed by atoms with van der Waals surface area (Å²) < 4.78 is 43.0. The second-order valence-corrected chi connectivity index (χ2v) is 4.69. The van der Waals surface area contributed by atoms with E-state index in [0.717, 1.165) is 11.6 Å². The van der Waals surface area contributed by atoms with E-state index < -0.39 is 11.7 Å². The van der Waals surface area contributed by atoms with Crippen LogP contribution in [0.5, 0.6) is 0 Å². The molecule has 0 saturated heterocycles. The van der Waals surface area contributed by atoms with E-state index in [1.54, 1.807) is 27.1 Å². The van der Waals surface area contributed by atoms with Crippen molar-refractivity contribution in [1.29, 1.82) is 0 Å². The van der Waals surface area contributed by atoms with Crippen molar-refractivity contribution in [3.05, 3.63) is 34.9 Å². The van der Waals surface area contributed by atoms with Crippen molar-refractivity contribution in [3.63, 3.8) is 0 Å². The predicted molar refractivity (Wildman–Crippen MR) is 69.1 cm³/mol. The summed E-state index contributed by atoms with van der Waals surface area (Å²) in [6.07, 6.45) is -3.54. The Bertz CT molecular complexity index is 418. The van der Waals surface area contributed by atoms with Gasteiger partial charge in [0.2, 0.25) is 0 Å². The minimum atomic E-state index is -4.29. The van der Waals surface area contributed by atoms with Gasteiger partial charge in [0.15, 0.2) is 0 Å². The summed E-state index contributed by atoms with van der Waals surface area (Å²) in [5.74, 6) is 0. The topological polar surface area (TPSA) is 21.3 Å². The fraction of sp³-hybridized carbons (Fsp3) is 0.571. The molecule has 1 aromatic carbocycles. The number of hydrogen-bond acceptors (Lipinski definition) is 2. The molecule has 1 aromatic rings. The highest BCUT2D eigenvalue weighted by Gasteiger charge is 2.31. The summed E-state index contributed by atoms with van der Waals surface area (Å²) in [6, 6.07) is 3.85. The molecule has 0 bridgehead atoms. The molecule has 0 heterocycles. The summed E-state index contributed by atoms with van der Waals surface area (Å²) in [6.45, 7) is 3.64. The van der Waals surface area contributed by atoms with Crippen molar-refractivity contribution in [2.24, 2.45) is 0 Å². The lowest BCUT2D eigenvalue weighted by Gasteiger charge is -2.22. The Hall–Kier alpha value is -1.07. The molecule has 2 atom stereocenters. The fourth-order valence-corrected chi connectivity index (χ4v) is 2.07. The lowest BCUT2D eigenvalue weighted by Crippen LogP contribution is -2.23. The lowest BCUT2D eigenvalue weighted by molar-refractivity contribution is -0.137. The number of hydrogen-bond donors (Lipinski definition) is 1. The van der Waals surface area contributed by atoms with E-state index in [1.165, 1.54) is 6.07 Å². The van der Waals surface area contributed by atoms with E-state index in [9.17, 15) is 13.2 Å². The first-order valence-electron chi connectivity index (χ1n) is 6.17. The third kappa shape index (κ3) is 4.21. The van der Waals surface area contributed by atoms with Crippen LogP contribution in [0.15, 0.2) is 18.2 Å². The number of alkyl halides is 3. The van der Waals surface area contributed by atoms with Gasteiger partial charge in [-0.25, -0.2) is 0 Å². The van der Waals surface area contributed by atoms with Crippen LogP contribution in [0.1, 0.15) is 36.1 Å². The first-order valence-corrected chi connectivity index (χ1v) is 6.17. The molecule has 0 aliphatic carbocycles. The average molecular weight is 275 g/mol. The molecule has 1 N–H and O–H groups in total. The molecular formula is C14H20F3NO. The molecule has 108 valence electrons. The molecule has 0 aliphatic rings. The van der Waals surface area contributed by atoms with Crippen LogP contribution in [0.3, 0.4) is 0 Å². The van der Waals surface area contributed by atoms with E-state index in [-0.39, 0.29) is 12.1 Å². The largest absolute Gasteiger partial charge is 0.416 e. The molecule has 0 amide bonds. The van der Waals surface area contributed by atoms with Crippen molar-refractivity contribution in [2.45, 2.75) is 38.6 Å². The molecule has 0 spiro atoms. The van der Waals surface area contributed by atoms with Gasteiger partial charge in [0.05, 0.1) is 11.7 Å². The number of methoxy groups -OCH3 is 1. The Morgan fingerprint density at radius 2 is 1.95 bits per heavy atom. The molecule has 0 radical (unpaired) electrons. The molecular weight excluding hydrogens is 255 g/mol. The normalized spacial score (nSPS) is 15.3. The third-order valence-electron chi connectivity index (χ3n) is 3.29. The predicted octanol–water partition coefficient (Wildman–Crippen LogP) is 3.70. The first-order chi connectivity index (χ1) is 8.79. The van der Waals surface area contributed by atoms with Crippen molar-refractivity contribution < 1.29 is 17.9 Å². The molecule has 1 rings (SSSR count). The zero-order chi connectivity index (χ0) is 14.6. The summed E-state index contributed by atoms with van der Waals surface area (Å²) >= 11 is 0. The van der Waals surface area contributed by atoms with Crippen LogP contribution >= 0.6 is 0 Å². The SMILES string of the molecule is CNC(CC(C)OC)c1ccc(C(F)(F)F)cc1C. The number of aryl methyl sites for hydroxylation is 1. The zero-order valence-corrected chi connectivity index (χ0v) is 11.6. The Morgan fingerprint density at radius 3 is 2.37 bits per heavy atom. The summed E-state index contributed by atoms with van der Waals surface area (Å²) in [7, 11) is 3.42. The van der Waals surface area contributed by atoms with Crippen LogP contribution in [-0.4, -0.2) is 20.3 Å². The Morgan fingerprint density at radius 1 is 1.32 bits per heavy atom. The van der Waals surface area contributed by atoms with Crippen molar-refractivity contribution in [1.82, 2.24) is 5.32 Å². The molecule has 19 heavy (non-hydrogen) atoms. The summed E-state index contributed by atoms with van der Waals surface area (Å²) in [5, 5.41) is 3.12. The summed E-state index contributed by atoms with van der Waals surface area (Å²) in [4.78, 5) is 0. The van der Waals surface area contributed by atoms with Crippen molar-refractivity contribution in [3.8, 4) is 0 Å². The highest BCUT2D eigenvalue weighted by molar-refractivity contribution is 5.34. The van der Waals surface area contributed by atoms with Crippen LogP contribution in [-0.2, 0) is 10.9 Å². The van der Waals surface area contributed by atoms with Gasteiger partial charge in [-0.05, 0) is 50.6 Å². The first kappa shape index (κ1) is 16.0. The highest BCUT2D eigenvalue weighted by atomic mass is 19.4. The Labute approximate surface area is 112 Å². The van der Waals surface area contributed by atoms with Gasteiger partial charge >= 0.3 is 6.18 Å². The minimum absolute atomic E-state index is 0.0165. The molecule has 0 aromatic heterocycles. The number of rotatable bonds is 5. The van der Waals surface area contributed by atoms with Crippen LogP contribution in [0.4, 0.5) is 13.2 Å². The fourth-order valence-electron chi connectivity index (χ4n) is 2.07. The van der Waals surface area contributed by atoms with Crippen molar-refractivity contribution >= 4 is 0 Å². The second kappa shape index (κ2) is 6.39. The van der Waals surface area contributed by atoms with Gasteiger partial charge in [0.1, 0.15) is 0 Å². The smallest absolute Gasteiger partial charge is 0.382 e. The van der Waals surface area contributed by atoms with Gasteiger partial charge in [-0.1, -0.05) is 6.07 Å². The maximum atomic E-state index is 12.6. The number of ether oxygens (including phenoxy) is 1. The van der Waals surface area contributed by atoms with E-state index in [1.807, 2.05) is 6.92 Å². The monoisotopic (exact) mass is 275 g/mol. The lowest BCUT2D eigenvalue weighted by atomic mass is 9.95. The highest BCUT2D eigenvalue weighted by Crippen LogP contribution is 2.32. The van der Waals surface area contributed by atoms with Crippen LogP contribution in [0.25, 0.3) is 0 Å². The quantitative estimate of drug-likeness (QED) is 0.884. The van der Waals surface area contributed by atoms with Crippen LogP contribution in [0.2, 0.25) is 0 Å². The van der Waals surface area contributed by atoms with Gasteiger partial charge in [-0.15, -0.1) is 0 Å². The molecule has 2 unspecified atom stereocenters. The average Bonchev–Trinajstić information content (AvgIpc) is 2.34. The second-order valence-electron chi connectivity index (χ2n) is 4.69. The Balaban J connectivity index is 3.00. The standard InChI is InChI=1S/C14H20F3NO/c1-9-7-11(14(15,16)17)5-6-12(9)13(18-3)8-10(2)19-4/h5-7,10,13,18H,8H2,1-4H3. The van der Waals surface area contributed by atoms with E-state index in [2.05, 4.69) is 5.32 Å². The van der Waals surface area contributed by atoms with Gasteiger partial charge in [-0.3, -0.25) is 0 Å². The van der Waals surface area contributed by atoms with E-state index in [4.69, 9.17) is 4.74 Å². The number of nitrogens with one attached hydrogen (secondary N) is 1. The maximum Gasteiger partial charge on any atom is 0.416 e. The Kier molecular flexibility index (Phi) is 5.38. The molecule has 0 fully saturated rings. The van der Waals surface area contributed by atoms with Crippen LogP contribution < -0.4 is 5.32 Å². The number of halogens is 3. The van der Waals surface area contributed by atoms with Gasteiger partial charge in [0, 0.05) is 13.2 Å². The van der Waals surface area contributed by atoms with Gasteiger partial charge in [-0.2, -0.15) is 13.2 Å². The van der Waals surface area contributed by atoms with Crippen LogP contribution in [0, 0.1) is 6.92 Å². The zero-order valence-electron chi connectivity index (χ0n) is 11.6. The molecule has 2 nitrogen and oxygen atoms in total. The molecule has 0 saturated carbocycles. The summed E-state index contributed by atoms with van der Waals surface area (Å²) in [5.41, 5.74) is 0.903.